The van der Waals surface area contributed by atoms with E-state index in [2.05, 4.69) is 20.8 Å². The number of nitrogens with zero attached hydrogens (tertiary/aromatic N) is 1. The van der Waals surface area contributed by atoms with Gasteiger partial charge in [-0.1, -0.05) is 30.3 Å². The molecule has 170 valence electrons. The lowest BCUT2D eigenvalue weighted by atomic mass is 10.0. The molecule has 7 nitrogen and oxygen atoms in total. The van der Waals surface area contributed by atoms with Crippen molar-refractivity contribution >= 4 is 34.8 Å². The van der Waals surface area contributed by atoms with Crippen LogP contribution in [0.2, 0.25) is 0 Å². The van der Waals surface area contributed by atoms with Crippen LogP contribution in [0.4, 0.5) is 5.69 Å². The van der Waals surface area contributed by atoms with E-state index in [1.54, 1.807) is 6.07 Å². The molecule has 2 heterocycles. The van der Waals surface area contributed by atoms with Gasteiger partial charge in [-0.3, -0.25) is 9.59 Å². The molecule has 4 rings (SSSR count). The Hall–Kier alpha value is -2.74. The van der Waals surface area contributed by atoms with Crippen molar-refractivity contribution in [3.8, 4) is 11.3 Å². The summed E-state index contributed by atoms with van der Waals surface area (Å²) in [4.78, 5) is 24.4. The van der Waals surface area contributed by atoms with Crippen LogP contribution in [0.5, 0.6) is 0 Å². The number of nitrogens with one attached hydrogen (secondary N) is 3. The molecule has 0 bridgehead atoms. The summed E-state index contributed by atoms with van der Waals surface area (Å²) < 4.78 is 5.37. The second-order valence-electron chi connectivity index (χ2n) is 7.87. The van der Waals surface area contributed by atoms with E-state index < -0.39 is 0 Å². The monoisotopic (exact) mass is 456 g/mol. The molecular weight excluding hydrogens is 428 g/mol. The first-order chi connectivity index (χ1) is 15.2. The summed E-state index contributed by atoms with van der Waals surface area (Å²) in [6.45, 7) is 2.60. The summed E-state index contributed by atoms with van der Waals surface area (Å²) in [5.74, 6) is 0.00232. The SMILES string of the molecule is Cl.O=C(CCCCNC1CCOCC1)Nc1cccc(-c2n[nH]c(=O)c3ccccc23)c1. The highest BCUT2D eigenvalue weighted by molar-refractivity contribution is 5.95. The van der Waals surface area contributed by atoms with Crippen molar-refractivity contribution < 1.29 is 9.53 Å². The molecule has 1 amide bonds. The number of benzene rings is 2. The quantitative estimate of drug-likeness (QED) is 0.447. The van der Waals surface area contributed by atoms with Crippen LogP contribution in [0.25, 0.3) is 22.0 Å². The average molecular weight is 457 g/mol. The highest BCUT2D eigenvalue weighted by atomic mass is 35.5. The number of ether oxygens (including phenoxy) is 1. The molecule has 2 aromatic carbocycles. The largest absolute Gasteiger partial charge is 0.381 e. The zero-order valence-corrected chi connectivity index (χ0v) is 18.7. The van der Waals surface area contributed by atoms with Crippen molar-refractivity contribution in [3.05, 3.63) is 58.9 Å². The van der Waals surface area contributed by atoms with E-state index in [4.69, 9.17) is 4.74 Å². The lowest BCUT2D eigenvalue weighted by Gasteiger charge is -2.23. The number of amides is 1. The van der Waals surface area contributed by atoms with Gasteiger partial charge in [0.25, 0.3) is 5.56 Å². The second-order valence-corrected chi connectivity index (χ2v) is 7.87. The number of aromatic nitrogens is 2. The third-order valence-corrected chi connectivity index (χ3v) is 5.60. The van der Waals surface area contributed by atoms with Crippen LogP contribution in [-0.4, -0.2) is 41.9 Å². The Balaban J connectivity index is 0.00000289. The van der Waals surface area contributed by atoms with Crippen LogP contribution in [0.1, 0.15) is 32.1 Å². The lowest BCUT2D eigenvalue weighted by molar-refractivity contribution is -0.116. The molecule has 0 saturated carbocycles. The number of hydrogen-bond acceptors (Lipinski definition) is 5. The van der Waals surface area contributed by atoms with Gasteiger partial charge in [-0.2, -0.15) is 5.10 Å². The third kappa shape index (κ3) is 6.16. The number of halogens is 1. The zero-order valence-electron chi connectivity index (χ0n) is 17.9. The normalized spacial score (nSPS) is 14.1. The molecule has 32 heavy (non-hydrogen) atoms. The van der Waals surface area contributed by atoms with E-state index in [0.29, 0.717) is 23.5 Å². The van der Waals surface area contributed by atoms with E-state index >= 15 is 0 Å². The first-order valence-electron chi connectivity index (χ1n) is 10.9. The number of anilines is 1. The van der Waals surface area contributed by atoms with Crippen molar-refractivity contribution in [3.63, 3.8) is 0 Å². The van der Waals surface area contributed by atoms with Gasteiger partial charge >= 0.3 is 0 Å². The number of unbranched alkanes of at least 4 members (excludes halogenated alkanes) is 1. The van der Waals surface area contributed by atoms with Crippen molar-refractivity contribution in [2.75, 3.05) is 25.1 Å². The van der Waals surface area contributed by atoms with Crippen LogP contribution < -0.4 is 16.2 Å². The highest BCUT2D eigenvalue weighted by Crippen LogP contribution is 2.26. The number of aromatic amines is 1. The Morgan fingerprint density at radius 3 is 2.66 bits per heavy atom. The van der Waals surface area contributed by atoms with Gasteiger partial charge in [-0.25, -0.2) is 5.10 Å². The Bertz CT molecular complexity index is 1100. The Kier molecular flexibility index (Phi) is 8.79. The van der Waals surface area contributed by atoms with Gasteiger partial charge in [0.2, 0.25) is 5.91 Å². The molecular formula is C24H29ClN4O3. The molecule has 0 radical (unpaired) electrons. The molecule has 1 aliphatic heterocycles. The van der Waals surface area contributed by atoms with Gasteiger partial charge in [-0.05, 0) is 50.4 Å². The van der Waals surface area contributed by atoms with Gasteiger partial charge in [0, 0.05) is 42.3 Å². The minimum absolute atomic E-state index is 0. The van der Waals surface area contributed by atoms with Crippen molar-refractivity contribution in [2.45, 2.75) is 38.1 Å². The Morgan fingerprint density at radius 2 is 1.84 bits per heavy atom. The number of fused-ring (bicyclic) bond motifs is 1. The fourth-order valence-electron chi connectivity index (χ4n) is 3.92. The maximum atomic E-state index is 12.4. The average Bonchev–Trinajstić information content (AvgIpc) is 2.80. The summed E-state index contributed by atoms with van der Waals surface area (Å²) in [7, 11) is 0. The number of rotatable bonds is 8. The standard InChI is InChI=1S/C24H28N4O3.ClH/c29-22(10-3-4-13-25-18-11-14-31-15-12-18)26-19-7-5-6-17(16-19)23-20-8-1-2-9-21(20)24(30)28-27-23;/h1-2,5-9,16,18,25H,3-4,10-15H2,(H,26,29)(H,28,30);1H. The van der Waals surface area contributed by atoms with E-state index in [-0.39, 0.29) is 23.9 Å². The van der Waals surface area contributed by atoms with Gasteiger partial charge < -0.3 is 15.4 Å². The van der Waals surface area contributed by atoms with Crippen LogP contribution in [0.15, 0.2) is 53.3 Å². The summed E-state index contributed by atoms with van der Waals surface area (Å²) >= 11 is 0. The summed E-state index contributed by atoms with van der Waals surface area (Å²) in [5.41, 5.74) is 2.03. The predicted octanol–water partition coefficient (Wildman–Crippen LogP) is 3.89. The van der Waals surface area contributed by atoms with E-state index in [9.17, 15) is 9.59 Å². The predicted molar refractivity (Wildman–Crippen MR) is 129 cm³/mol. The van der Waals surface area contributed by atoms with Crippen molar-refractivity contribution in [2.24, 2.45) is 0 Å². The van der Waals surface area contributed by atoms with Gasteiger partial charge in [0.1, 0.15) is 0 Å². The van der Waals surface area contributed by atoms with Crippen molar-refractivity contribution in [1.29, 1.82) is 0 Å². The molecule has 0 unspecified atom stereocenters. The second kappa shape index (κ2) is 11.8. The third-order valence-electron chi connectivity index (χ3n) is 5.60. The number of hydrogen-bond donors (Lipinski definition) is 3. The molecule has 0 aliphatic carbocycles. The number of carbonyl (C=O) groups excluding carboxylic acids is 1. The summed E-state index contributed by atoms with van der Waals surface area (Å²) in [6.07, 6.45) is 4.43. The molecule has 1 aliphatic rings. The maximum absolute atomic E-state index is 12.4. The molecule has 8 heteroatoms. The molecule has 1 aromatic heterocycles. The molecule has 0 spiro atoms. The molecule has 3 aromatic rings. The summed E-state index contributed by atoms with van der Waals surface area (Å²) in [5, 5.41) is 14.7. The Labute approximate surface area is 193 Å². The number of carbonyl (C=O) groups is 1. The van der Waals surface area contributed by atoms with E-state index in [1.165, 1.54) is 0 Å². The highest BCUT2D eigenvalue weighted by Gasteiger charge is 2.13. The van der Waals surface area contributed by atoms with Gasteiger partial charge in [0.05, 0.1) is 11.1 Å². The van der Waals surface area contributed by atoms with Crippen LogP contribution >= 0.6 is 12.4 Å². The summed E-state index contributed by atoms with van der Waals surface area (Å²) in [6, 6.07) is 15.5. The van der Waals surface area contributed by atoms with Crippen LogP contribution in [0.3, 0.4) is 0 Å². The Morgan fingerprint density at radius 1 is 1.06 bits per heavy atom. The van der Waals surface area contributed by atoms with Crippen LogP contribution in [0, 0.1) is 0 Å². The smallest absolute Gasteiger partial charge is 0.272 e. The van der Waals surface area contributed by atoms with Gasteiger partial charge in [-0.15, -0.1) is 12.4 Å². The maximum Gasteiger partial charge on any atom is 0.272 e. The van der Waals surface area contributed by atoms with E-state index in [0.717, 1.165) is 62.1 Å². The van der Waals surface area contributed by atoms with E-state index in [1.807, 2.05) is 42.5 Å². The fourth-order valence-corrected chi connectivity index (χ4v) is 3.92. The minimum Gasteiger partial charge on any atom is -0.381 e. The molecule has 0 atom stereocenters. The minimum atomic E-state index is -0.213. The molecule has 3 N–H and O–H groups in total. The fraction of sp³-hybridized carbons (Fsp3) is 0.375. The first-order valence-corrected chi connectivity index (χ1v) is 10.9. The van der Waals surface area contributed by atoms with Crippen LogP contribution in [-0.2, 0) is 9.53 Å². The molecule has 1 fully saturated rings. The first kappa shape index (κ1) is 23.9. The molecule has 1 saturated heterocycles. The topological polar surface area (TPSA) is 96.1 Å². The lowest BCUT2D eigenvalue weighted by Crippen LogP contribution is -2.35. The zero-order chi connectivity index (χ0) is 21.5. The number of H-pyrrole nitrogens is 1. The van der Waals surface area contributed by atoms with Crippen molar-refractivity contribution in [1.82, 2.24) is 15.5 Å². The van der Waals surface area contributed by atoms with Gasteiger partial charge in [0.15, 0.2) is 0 Å².